The molecule has 2 atom stereocenters. The van der Waals surface area contributed by atoms with Crippen molar-refractivity contribution in [2.24, 2.45) is 0 Å². The maximum absolute atomic E-state index is 13.0. The highest BCUT2D eigenvalue weighted by Gasteiger charge is 2.22. The molecule has 0 fully saturated rings. The number of carbonyl (C=O) groups excluding carboxylic acids is 3. The molecule has 2 unspecified atom stereocenters. The Morgan fingerprint density at radius 3 is 0.887 bits per heavy atom. The molecule has 0 aliphatic rings. The molecule has 0 rings (SSSR count). The molecule has 0 amide bonds. The number of nitrogens with zero attached hydrogens (tertiary/aromatic N) is 1. The van der Waals surface area contributed by atoms with Gasteiger partial charge in [-0.1, -0.05) is 346 Å². The van der Waals surface area contributed by atoms with Crippen LogP contribution in [-0.4, -0.2) is 82.3 Å². The van der Waals surface area contributed by atoms with E-state index < -0.39 is 24.3 Å². The minimum absolute atomic E-state index is 0.140. The summed E-state index contributed by atoms with van der Waals surface area (Å²) in [5, 5.41) is 11.9. The van der Waals surface area contributed by atoms with Crippen molar-refractivity contribution in [1.82, 2.24) is 0 Å². The lowest BCUT2D eigenvalue weighted by atomic mass is 10.0. The van der Waals surface area contributed by atoms with Gasteiger partial charge in [-0.25, -0.2) is 0 Å². The lowest BCUT2D eigenvalue weighted by molar-refractivity contribution is -0.870. The summed E-state index contributed by atoms with van der Waals surface area (Å²) in [6.45, 7) is 4.64. The molecule has 0 aromatic carbocycles. The Balaban J connectivity index is 4.12. The van der Waals surface area contributed by atoms with E-state index in [4.69, 9.17) is 18.9 Å². The molecular weight excluding hydrogens is 1200 g/mol. The zero-order valence-corrected chi connectivity index (χ0v) is 63.4. The summed E-state index contributed by atoms with van der Waals surface area (Å²) in [6, 6.07) is 0. The van der Waals surface area contributed by atoms with E-state index in [-0.39, 0.29) is 38.6 Å². The van der Waals surface area contributed by atoms with E-state index in [1.54, 1.807) is 0 Å². The third kappa shape index (κ3) is 78.4. The van der Waals surface area contributed by atoms with Crippen LogP contribution in [-0.2, 0) is 33.3 Å². The summed E-state index contributed by atoms with van der Waals surface area (Å²) in [7, 11) is 5.93. The fourth-order valence-electron chi connectivity index (χ4n) is 11.0. The zero-order valence-electron chi connectivity index (χ0n) is 63.4. The van der Waals surface area contributed by atoms with Gasteiger partial charge in [0, 0.05) is 12.8 Å². The van der Waals surface area contributed by atoms with E-state index in [0.29, 0.717) is 17.4 Å². The Bertz CT molecular complexity index is 2110. The standard InChI is InChI=1S/C88H149NO8/c1-6-8-10-12-14-16-18-20-22-24-26-28-30-32-34-36-38-39-40-41-42-43-44-45-46-47-49-51-53-55-57-59-61-63-65-67-69-71-73-75-77-79-86(91)97-84(83-96-88(87(92)93)94-81-80-89(3,4)5)82-95-85(90)78-76-74-72-70-68-66-64-62-60-58-56-54-52-50-48-37-35-33-31-29-27-25-23-21-19-17-15-13-11-9-7-2/h8,10,14,16,20,22,25-28,32,34,38-39,41-42,44-45,47,49,53,55,59,61,84,88H,6-7,9,11-13,15,17-19,21,23-24,29-31,33,35-37,40,43,46,48,50-52,54,56-58,60,62-83H2,1-5H3/b10-8-,16-14-,22-20-,27-25-,28-26-,34-32-,39-38-,42-41-,45-44-,49-47-,55-53-,61-59-. The molecule has 0 aliphatic heterocycles. The van der Waals surface area contributed by atoms with Gasteiger partial charge in [0.1, 0.15) is 13.2 Å². The van der Waals surface area contributed by atoms with Crippen molar-refractivity contribution in [2.75, 3.05) is 47.5 Å². The number of carboxylic acids is 1. The van der Waals surface area contributed by atoms with Gasteiger partial charge in [-0.3, -0.25) is 9.59 Å². The minimum atomic E-state index is -1.63. The number of hydrogen-bond donors (Lipinski definition) is 0. The van der Waals surface area contributed by atoms with Gasteiger partial charge in [0.25, 0.3) is 0 Å². The van der Waals surface area contributed by atoms with Crippen molar-refractivity contribution in [2.45, 2.75) is 347 Å². The number of likely N-dealkylation sites (N-methyl/N-ethyl adjacent to an activating group) is 1. The van der Waals surface area contributed by atoms with Crippen molar-refractivity contribution in [3.05, 3.63) is 146 Å². The molecule has 0 aromatic heterocycles. The van der Waals surface area contributed by atoms with Crippen LogP contribution < -0.4 is 5.11 Å². The van der Waals surface area contributed by atoms with E-state index in [2.05, 4.69) is 160 Å². The molecule has 0 radical (unpaired) electrons. The summed E-state index contributed by atoms with van der Waals surface area (Å²) in [5.41, 5.74) is 0. The number of aliphatic carboxylic acids is 1. The number of carboxylic acid groups (broad SMARTS) is 1. The van der Waals surface area contributed by atoms with Crippen molar-refractivity contribution in [1.29, 1.82) is 0 Å². The summed E-state index contributed by atoms with van der Waals surface area (Å²) in [5.74, 6) is -2.29. The molecule has 9 heteroatoms. The van der Waals surface area contributed by atoms with E-state index in [9.17, 15) is 19.5 Å². The van der Waals surface area contributed by atoms with Crippen LogP contribution in [0, 0.1) is 0 Å². The molecule has 0 saturated carbocycles. The maximum Gasteiger partial charge on any atom is 0.306 e. The SMILES string of the molecule is CC/C=C\C/C=C\C/C=C\C/C=C\C/C=C\C/C=C\C/C=C\C/C=C\C/C=C\C/C=C\C/C=C\CCCCCCCCCC(=O)OC(COC(=O)CCCCCCCCCCCCCCCCCCCCC/C=C\CCCCCCCCCC)COC(OCC[N+](C)(C)C)C(=O)[O-]. The van der Waals surface area contributed by atoms with Gasteiger partial charge in [0.15, 0.2) is 12.4 Å². The fraction of sp³-hybridized carbons (Fsp3) is 0.693. The van der Waals surface area contributed by atoms with E-state index in [1.807, 2.05) is 21.1 Å². The predicted octanol–water partition coefficient (Wildman–Crippen LogP) is 24.5. The predicted molar refractivity (Wildman–Crippen MR) is 416 cm³/mol. The second kappa shape index (κ2) is 76.9. The van der Waals surface area contributed by atoms with Gasteiger partial charge in [-0.15, -0.1) is 0 Å². The number of ether oxygens (including phenoxy) is 4. The first-order valence-corrected chi connectivity index (χ1v) is 40.0. The zero-order chi connectivity index (χ0) is 70.4. The Labute approximate surface area is 598 Å². The summed E-state index contributed by atoms with van der Waals surface area (Å²) >= 11 is 0. The molecule has 0 heterocycles. The number of quaternary nitrogens is 1. The van der Waals surface area contributed by atoms with Gasteiger partial charge in [0.05, 0.1) is 40.3 Å². The Morgan fingerprint density at radius 2 is 0.588 bits per heavy atom. The Morgan fingerprint density at radius 1 is 0.320 bits per heavy atom. The van der Waals surface area contributed by atoms with Gasteiger partial charge >= 0.3 is 11.9 Å². The third-order valence-corrected chi connectivity index (χ3v) is 17.1. The van der Waals surface area contributed by atoms with Crippen LogP contribution in [0.25, 0.3) is 0 Å². The number of esters is 2. The van der Waals surface area contributed by atoms with E-state index in [1.165, 1.54) is 186 Å². The van der Waals surface area contributed by atoms with Crippen LogP contribution in [0.1, 0.15) is 335 Å². The average Bonchev–Trinajstić information content (AvgIpc) is 3.27. The number of unbranched alkanes of at least 4 members (excludes halogenated alkanes) is 34. The molecular formula is C88H149NO8. The average molecular weight is 1350 g/mol. The van der Waals surface area contributed by atoms with Gasteiger partial charge in [0.2, 0.25) is 0 Å². The second-order valence-electron chi connectivity index (χ2n) is 27.6. The smallest absolute Gasteiger partial charge is 0.306 e. The molecule has 554 valence electrons. The molecule has 0 bridgehead atoms. The molecule has 0 N–H and O–H groups in total. The van der Waals surface area contributed by atoms with Gasteiger partial charge in [-0.2, -0.15) is 0 Å². The topological polar surface area (TPSA) is 111 Å². The van der Waals surface area contributed by atoms with Crippen LogP contribution in [0.5, 0.6) is 0 Å². The van der Waals surface area contributed by atoms with E-state index in [0.717, 1.165) is 116 Å². The van der Waals surface area contributed by atoms with Crippen molar-refractivity contribution < 1.29 is 42.9 Å². The first kappa shape index (κ1) is 92.2. The van der Waals surface area contributed by atoms with Crippen molar-refractivity contribution in [3.63, 3.8) is 0 Å². The van der Waals surface area contributed by atoms with Crippen LogP contribution in [0.3, 0.4) is 0 Å². The molecule has 0 spiro atoms. The largest absolute Gasteiger partial charge is 0.545 e. The highest BCUT2D eigenvalue weighted by atomic mass is 16.7. The summed E-state index contributed by atoms with van der Waals surface area (Å²) < 4.78 is 22.8. The second-order valence-corrected chi connectivity index (χ2v) is 27.6. The number of hydrogen-bond acceptors (Lipinski definition) is 8. The molecule has 0 aliphatic carbocycles. The van der Waals surface area contributed by atoms with Crippen LogP contribution in [0.15, 0.2) is 146 Å². The van der Waals surface area contributed by atoms with Crippen LogP contribution in [0.4, 0.5) is 0 Å². The first-order chi connectivity index (χ1) is 47.6. The molecule has 97 heavy (non-hydrogen) atoms. The highest BCUT2D eigenvalue weighted by Crippen LogP contribution is 2.18. The van der Waals surface area contributed by atoms with Crippen LogP contribution >= 0.6 is 0 Å². The lowest BCUT2D eigenvalue weighted by Crippen LogP contribution is -2.44. The maximum atomic E-state index is 13.0. The summed E-state index contributed by atoms with van der Waals surface area (Å²) in [6.07, 6.45) is 110. The number of rotatable bonds is 73. The molecule has 0 aromatic rings. The van der Waals surface area contributed by atoms with Gasteiger partial charge in [-0.05, 0) is 122 Å². The fourth-order valence-corrected chi connectivity index (χ4v) is 11.0. The number of allylic oxidation sites excluding steroid dienone is 24. The Hall–Kier alpha value is -4.83. The lowest BCUT2D eigenvalue weighted by Gasteiger charge is -2.26. The normalized spacial score (nSPS) is 13.5. The highest BCUT2D eigenvalue weighted by molar-refractivity contribution is 5.70. The van der Waals surface area contributed by atoms with Crippen molar-refractivity contribution in [3.8, 4) is 0 Å². The monoisotopic (exact) mass is 1350 g/mol. The molecule has 9 nitrogen and oxygen atoms in total. The quantitative estimate of drug-likeness (QED) is 0.0195. The summed E-state index contributed by atoms with van der Waals surface area (Å²) in [4.78, 5) is 37.6. The van der Waals surface area contributed by atoms with Gasteiger partial charge < -0.3 is 33.3 Å². The number of carbonyl (C=O) groups is 3. The van der Waals surface area contributed by atoms with Crippen molar-refractivity contribution >= 4 is 17.9 Å². The minimum Gasteiger partial charge on any atom is -0.545 e. The first-order valence-electron chi connectivity index (χ1n) is 40.0. The van der Waals surface area contributed by atoms with Crippen LogP contribution in [0.2, 0.25) is 0 Å². The third-order valence-electron chi connectivity index (χ3n) is 17.1. The molecule has 0 saturated heterocycles. The van der Waals surface area contributed by atoms with E-state index >= 15 is 0 Å². The Kier molecular flexibility index (Phi) is 73.1.